The van der Waals surface area contributed by atoms with Gasteiger partial charge in [0.2, 0.25) is 0 Å². The minimum absolute atomic E-state index is 0.0159. The molecule has 1 N–H and O–H groups in total. The van der Waals surface area contributed by atoms with Crippen molar-refractivity contribution in [1.29, 1.82) is 0 Å². The summed E-state index contributed by atoms with van der Waals surface area (Å²) in [5.41, 5.74) is 0.525. The van der Waals surface area contributed by atoms with E-state index in [-0.39, 0.29) is 17.6 Å². The van der Waals surface area contributed by atoms with E-state index in [4.69, 9.17) is 4.74 Å². The summed E-state index contributed by atoms with van der Waals surface area (Å²) in [7, 11) is 7.07. The highest BCUT2D eigenvalue weighted by molar-refractivity contribution is 9.10. The molecule has 0 saturated carbocycles. The number of methoxy groups -OCH3 is 1. The molecule has 1 rings (SSSR count). The average molecular weight is 333 g/mol. The molecule has 19 heavy (non-hydrogen) atoms. The second-order valence-corrected chi connectivity index (χ2v) is 5.10. The maximum atomic E-state index is 10.9. The second-order valence-electron chi connectivity index (χ2n) is 4.24. The van der Waals surface area contributed by atoms with Gasteiger partial charge in [-0.3, -0.25) is 10.1 Å². The van der Waals surface area contributed by atoms with Crippen molar-refractivity contribution in [3.05, 3.63) is 26.3 Å². The summed E-state index contributed by atoms with van der Waals surface area (Å²) in [6.07, 6.45) is 0. The van der Waals surface area contributed by atoms with E-state index in [0.29, 0.717) is 16.7 Å². The molecule has 0 spiro atoms. The van der Waals surface area contributed by atoms with Gasteiger partial charge in [-0.15, -0.1) is 0 Å². The Labute approximate surface area is 120 Å². The highest BCUT2D eigenvalue weighted by Crippen LogP contribution is 2.32. The minimum atomic E-state index is -0.513. The lowest BCUT2D eigenvalue weighted by atomic mass is 10.1. The number of likely N-dealkylation sites (N-methyl/N-ethyl adjacent to an activating group) is 2. The van der Waals surface area contributed by atoms with Crippen molar-refractivity contribution >= 4 is 21.6 Å². The van der Waals surface area contributed by atoms with Crippen LogP contribution in [-0.2, 0) is 0 Å². The number of pyridine rings is 1. The van der Waals surface area contributed by atoms with E-state index >= 15 is 0 Å². The lowest BCUT2D eigenvalue weighted by Gasteiger charge is -2.21. The molecule has 106 valence electrons. The molecule has 1 aromatic rings. The molecule has 0 amide bonds. The van der Waals surface area contributed by atoms with E-state index in [0.717, 1.165) is 0 Å². The van der Waals surface area contributed by atoms with Crippen molar-refractivity contribution in [2.75, 3.05) is 34.8 Å². The third-order valence-corrected chi connectivity index (χ3v) is 3.20. The smallest absolute Gasteiger partial charge is 0.332 e. The highest BCUT2D eigenvalue weighted by Gasteiger charge is 2.23. The predicted octanol–water partition coefficient (Wildman–Crippen LogP) is 1.58. The molecule has 8 heteroatoms. The number of hydrogen-bond donors (Lipinski definition) is 1. The Morgan fingerprint density at radius 1 is 1.63 bits per heavy atom. The molecule has 7 nitrogen and oxygen atoms in total. The number of nitrogens with zero attached hydrogens (tertiary/aromatic N) is 3. The summed E-state index contributed by atoms with van der Waals surface area (Å²) in [5.74, 6) is 0.0159. The molecule has 0 saturated heterocycles. The van der Waals surface area contributed by atoms with Crippen molar-refractivity contribution in [2.24, 2.45) is 0 Å². The standard InChI is InChI=1S/C11H17BrN4O3/c1-13-8(6-15(2)3)10-7(12)5-9(16(17)18)11(14-10)19-4/h5,8,13H,6H2,1-4H3. The Morgan fingerprint density at radius 2 is 2.26 bits per heavy atom. The van der Waals surface area contributed by atoms with E-state index in [1.807, 2.05) is 26.0 Å². The molecular formula is C11H17BrN4O3. The molecule has 1 aromatic heterocycles. The lowest BCUT2D eigenvalue weighted by Crippen LogP contribution is -2.29. The maximum Gasteiger partial charge on any atom is 0.332 e. The van der Waals surface area contributed by atoms with Crippen LogP contribution in [0, 0.1) is 10.1 Å². The minimum Gasteiger partial charge on any atom is -0.476 e. The van der Waals surface area contributed by atoms with Gasteiger partial charge in [-0.25, -0.2) is 4.98 Å². The zero-order valence-corrected chi connectivity index (χ0v) is 12.9. The quantitative estimate of drug-likeness (QED) is 0.629. The molecule has 0 aliphatic heterocycles. The first kappa shape index (κ1) is 15.8. The van der Waals surface area contributed by atoms with Gasteiger partial charge in [0.05, 0.1) is 23.8 Å². The van der Waals surface area contributed by atoms with Crippen LogP contribution in [-0.4, -0.2) is 49.6 Å². The lowest BCUT2D eigenvalue weighted by molar-refractivity contribution is -0.386. The first-order valence-electron chi connectivity index (χ1n) is 5.61. The van der Waals surface area contributed by atoms with E-state index < -0.39 is 4.92 Å². The van der Waals surface area contributed by atoms with Crippen LogP contribution in [0.25, 0.3) is 0 Å². The van der Waals surface area contributed by atoms with Crippen molar-refractivity contribution in [1.82, 2.24) is 15.2 Å². The van der Waals surface area contributed by atoms with Gasteiger partial charge in [-0.05, 0) is 37.1 Å². The zero-order valence-electron chi connectivity index (χ0n) is 11.3. The number of nitrogens with one attached hydrogen (secondary N) is 1. The highest BCUT2D eigenvalue weighted by atomic mass is 79.9. The molecule has 0 aliphatic rings. The van der Waals surface area contributed by atoms with Gasteiger partial charge >= 0.3 is 5.69 Å². The molecule has 1 atom stereocenters. The predicted molar refractivity (Wildman–Crippen MR) is 75.5 cm³/mol. The second kappa shape index (κ2) is 6.78. The molecule has 0 fully saturated rings. The molecule has 1 heterocycles. The fourth-order valence-electron chi connectivity index (χ4n) is 1.68. The molecule has 0 bridgehead atoms. The SMILES string of the molecule is CNC(CN(C)C)c1nc(OC)c([N+](=O)[O-])cc1Br. The van der Waals surface area contributed by atoms with Crippen LogP contribution in [0.1, 0.15) is 11.7 Å². The summed E-state index contributed by atoms with van der Waals surface area (Å²) < 4.78 is 5.57. The van der Waals surface area contributed by atoms with E-state index in [2.05, 4.69) is 26.2 Å². The Bertz CT molecular complexity index is 467. The van der Waals surface area contributed by atoms with Crippen LogP contribution in [0.2, 0.25) is 0 Å². The van der Waals surface area contributed by atoms with Crippen LogP contribution < -0.4 is 10.1 Å². The number of ether oxygens (including phenoxy) is 1. The van der Waals surface area contributed by atoms with Crippen LogP contribution in [0.4, 0.5) is 5.69 Å². The number of halogens is 1. The topological polar surface area (TPSA) is 80.5 Å². The normalized spacial score (nSPS) is 12.5. The average Bonchev–Trinajstić information content (AvgIpc) is 2.35. The molecule has 0 aliphatic carbocycles. The molecule has 1 unspecified atom stereocenters. The third-order valence-electron chi connectivity index (χ3n) is 2.57. The van der Waals surface area contributed by atoms with Gasteiger partial charge in [0, 0.05) is 17.1 Å². The van der Waals surface area contributed by atoms with Gasteiger partial charge in [-0.2, -0.15) is 0 Å². The monoisotopic (exact) mass is 332 g/mol. The van der Waals surface area contributed by atoms with Crippen molar-refractivity contribution < 1.29 is 9.66 Å². The van der Waals surface area contributed by atoms with Gasteiger partial charge in [0.1, 0.15) is 0 Å². The maximum absolute atomic E-state index is 10.9. The molecule has 0 radical (unpaired) electrons. The summed E-state index contributed by atoms with van der Waals surface area (Å²) in [6.45, 7) is 0.711. The number of rotatable bonds is 6. The first-order chi connectivity index (χ1) is 8.90. The fraction of sp³-hybridized carbons (Fsp3) is 0.545. The van der Waals surface area contributed by atoms with E-state index in [1.165, 1.54) is 13.2 Å². The largest absolute Gasteiger partial charge is 0.476 e. The van der Waals surface area contributed by atoms with E-state index in [9.17, 15) is 10.1 Å². The molecule has 0 aromatic carbocycles. The Balaban J connectivity index is 3.24. The first-order valence-corrected chi connectivity index (χ1v) is 6.40. The van der Waals surface area contributed by atoms with Gasteiger partial charge in [0.25, 0.3) is 5.88 Å². The number of hydrogen-bond acceptors (Lipinski definition) is 6. The van der Waals surface area contributed by atoms with Crippen LogP contribution >= 0.6 is 15.9 Å². The summed E-state index contributed by atoms with van der Waals surface area (Å²) in [6, 6.07) is 1.36. The summed E-state index contributed by atoms with van der Waals surface area (Å²) in [5, 5.41) is 14.0. The van der Waals surface area contributed by atoms with Crippen molar-refractivity contribution in [3.63, 3.8) is 0 Å². The van der Waals surface area contributed by atoms with Crippen molar-refractivity contribution in [2.45, 2.75) is 6.04 Å². The Morgan fingerprint density at radius 3 is 2.68 bits per heavy atom. The Kier molecular flexibility index (Phi) is 5.64. The van der Waals surface area contributed by atoms with Crippen LogP contribution in [0.5, 0.6) is 5.88 Å². The van der Waals surface area contributed by atoms with Crippen LogP contribution in [0.15, 0.2) is 10.5 Å². The number of nitro groups is 1. The van der Waals surface area contributed by atoms with Crippen LogP contribution in [0.3, 0.4) is 0 Å². The van der Waals surface area contributed by atoms with Gasteiger partial charge in [-0.1, -0.05) is 0 Å². The molecular weight excluding hydrogens is 316 g/mol. The fourth-order valence-corrected chi connectivity index (χ4v) is 2.26. The summed E-state index contributed by atoms with van der Waals surface area (Å²) in [4.78, 5) is 16.6. The zero-order chi connectivity index (χ0) is 14.6. The van der Waals surface area contributed by atoms with Gasteiger partial charge in [0.15, 0.2) is 0 Å². The number of aromatic nitrogens is 1. The third kappa shape index (κ3) is 3.85. The van der Waals surface area contributed by atoms with Gasteiger partial charge < -0.3 is 15.0 Å². The van der Waals surface area contributed by atoms with E-state index in [1.54, 1.807) is 0 Å². The van der Waals surface area contributed by atoms with Crippen molar-refractivity contribution in [3.8, 4) is 5.88 Å². The Hall–Kier alpha value is -1.25. The summed E-state index contributed by atoms with van der Waals surface area (Å²) >= 11 is 3.33.